The van der Waals surface area contributed by atoms with Crippen LogP contribution in [0, 0.1) is 17.5 Å². The normalized spacial score (nSPS) is 12.0. The Morgan fingerprint density at radius 2 is 1.61 bits per heavy atom. The number of alkyl halides is 1. The third kappa shape index (κ3) is 5.07. The molecule has 0 heterocycles. The predicted octanol–water partition coefficient (Wildman–Crippen LogP) is 9.80. The van der Waals surface area contributed by atoms with E-state index in [1.165, 1.54) is 6.08 Å². The van der Waals surface area contributed by atoms with Gasteiger partial charge in [-0.05, 0) is 80.8 Å². The summed E-state index contributed by atoms with van der Waals surface area (Å²) in [6.07, 6.45) is 4.26. The number of allylic oxidation sites excluding steroid dienone is 2. The maximum Gasteiger partial charge on any atom is 0.194 e. The van der Waals surface area contributed by atoms with Gasteiger partial charge >= 0.3 is 0 Å². The molecule has 4 aromatic carbocycles. The fourth-order valence-electron chi connectivity index (χ4n) is 4.43. The maximum absolute atomic E-state index is 13.8. The second-order valence-corrected chi connectivity index (χ2v) is 9.02. The lowest BCUT2D eigenvalue weighted by Crippen LogP contribution is -2.01. The standard InChI is InChI=1S/C31H23BrF4/c1-19(24-16-28(34)31(36)29(35)17-24)14-21-8-3-5-11-25(21)20(2)30-26-12-6-4-9-22(26)15-23(10-7-13-33)27(30)18-32/h3-9,11-17H,2,10,18H2,1H3/b13-7+,19-14+. The molecule has 0 fully saturated rings. The topological polar surface area (TPSA) is 0 Å². The van der Waals surface area contributed by atoms with Crippen LogP contribution in [0.15, 0.2) is 85.7 Å². The van der Waals surface area contributed by atoms with Crippen molar-refractivity contribution in [1.82, 2.24) is 0 Å². The van der Waals surface area contributed by atoms with Crippen molar-refractivity contribution < 1.29 is 17.6 Å². The molecule has 0 aliphatic carbocycles. The minimum absolute atomic E-state index is 0.249. The summed E-state index contributed by atoms with van der Waals surface area (Å²) in [7, 11) is 0. The molecule has 0 radical (unpaired) electrons. The van der Waals surface area contributed by atoms with Gasteiger partial charge in [0.05, 0.1) is 6.33 Å². The van der Waals surface area contributed by atoms with E-state index in [0.29, 0.717) is 23.7 Å². The molecule has 0 spiro atoms. The molecule has 0 unspecified atom stereocenters. The Kier molecular flexibility index (Phi) is 7.90. The van der Waals surface area contributed by atoms with Crippen molar-refractivity contribution in [3.8, 4) is 0 Å². The monoisotopic (exact) mass is 550 g/mol. The molecule has 0 bridgehead atoms. The molecule has 0 nitrogen and oxygen atoms in total. The minimum Gasteiger partial charge on any atom is -0.216 e. The summed E-state index contributed by atoms with van der Waals surface area (Å²) >= 11 is 3.61. The van der Waals surface area contributed by atoms with Crippen LogP contribution in [0.2, 0.25) is 0 Å². The number of rotatable bonds is 7. The first kappa shape index (κ1) is 25.6. The van der Waals surface area contributed by atoms with Gasteiger partial charge < -0.3 is 0 Å². The number of benzene rings is 4. The van der Waals surface area contributed by atoms with E-state index in [2.05, 4.69) is 28.6 Å². The Morgan fingerprint density at radius 1 is 0.944 bits per heavy atom. The van der Waals surface area contributed by atoms with Gasteiger partial charge in [-0.15, -0.1) is 0 Å². The summed E-state index contributed by atoms with van der Waals surface area (Å²) in [6.45, 7) is 6.16. The first-order chi connectivity index (χ1) is 17.3. The highest BCUT2D eigenvalue weighted by Crippen LogP contribution is 2.37. The zero-order valence-corrected chi connectivity index (χ0v) is 21.2. The Balaban J connectivity index is 1.89. The number of halogens is 5. The van der Waals surface area contributed by atoms with E-state index in [0.717, 1.165) is 56.3 Å². The zero-order valence-electron chi connectivity index (χ0n) is 19.6. The smallest absolute Gasteiger partial charge is 0.194 e. The third-order valence-corrected chi connectivity index (χ3v) is 6.77. The summed E-state index contributed by atoms with van der Waals surface area (Å²) < 4.78 is 54.0. The number of hydrogen-bond acceptors (Lipinski definition) is 0. The molecule has 0 aromatic heterocycles. The summed E-state index contributed by atoms with van der Waals surface area (Å²) in [5.41, 5.74) is 6.16. The molecular formula is C31H23BrF4. The van der Waals surface area contributed by atoms with Gasteiger partial charge in [0.15, 0.2) is 17.5 Å². The average Bonchev–Trinajstić information content (AvgIpc) is 2.89. The minimum atomic E-state index is -1.49. The van der Waals surface area contributed by atoms with Crippen molar-refractivity contribution in [3.05, 3.63) is 137 Å². The van der Waals surface area contributed by atoms with Crippen LogP contribution in [0.5, 0.6) is 0 Å². The highest BCUT2D eigenvalue weighted by molar-refractivity contribution is 9.08. The molecule has 0 atom stereocenters. The van der Waals surface area contributed by atoms with Crippen LogP contribution in [-0.4, -0.2) is 0 Å². The first-order valence-corrected chi connectivity index (χ1v) is 12.4. The van der Waals surface area contributed by atoms with Crippen molar-refractivity contribution in [2.45, 2.75) is 18.7 Å². The molecule has 36 heavy (non-hydrogen) atoms. The van der Waals surface area contributed by atoms with Gasteiger partial charge in [-0.2, -0.15) is 0 Å². The lowest BCUT2D eigenvalue weighted by Gasteiger charge is -2.20. The highest BCUT2D eigenvalue weighted by atomic mass is 79.9. The van der Waals surface area contributed by atoms with Crippen LogP contribution in [-0.2, 0) is 11.8 Å². The second kappa shape index (κ2) is 11.1. The van der Waals surface area contributed by atoms with Gasteiger partial charge in [0.2, 0.25) is 0 Å². The SMILES string of the molecule is C=C(c1ccccc1/C=C(\C)c1cc(F)c(F)c(F)c1)c1c(CBr)c(C/C=C/F)cc2ccccc12. The van der Waals surface area contributed by atoms with Crippen molar-refractivity contribution in [1.29, 1.82) is 0 Å². The van der Waals surface area contributed by atoms with Crippen LogP contribution in [0.4, 0.5) is 17.6 Å². The molecule has 5 heteroatoms. The van der Waals surface area contributed by atoms with E-state index in [9.17, 15) is 17.6 Å². The lowest BCUT2D eigenvalue weighted by atomic mass is 9.85. The van der Waals surface area contributed by atoms with E-state index >= 15 is 0 Å². The number of hydrogen-bond donors (Lipinski definition) is 0. The van der Waals surface area contributed by atoms with Gasteiger partial charge in [0.25, 0.3) is 0 Å². The quantitative estimate of drug-likeness (QED) is 0.0929. The number of fused-ring (bicyclic) bond motifs is 1. The molecule has 182 valence electrons. The van der Waals surface area contributed by atoms with E-state index in [1.54, 1.807) is 13.0 Å². The van der Waals surface area contributed by atoms with E-state index in [-0.39, 0.29) is 5.56 Å². The highest BCUT2D eigenvalue weighted by Gasteiger charge is 2.18. The van der Waals surface area contributed by atoms with Crippen LogP contribution in [0.1, 0.15) is 40.3 Å². The van der Waals surface area contributed by atoms with Gasteiger partial charge in [0, 0.05) is 5.33 Å². The predicted molar refractivity (Wildman–Crippen MR) is 145 cm³/mol. The maximum atomic E-state index is 13.8. The van der Waals surface area contributed by atoms with Crippen LogP contribution >= 0.6 is 15.9 Å². The molecular weight excluding hydrogens is 528 g/mol. The summed E-state index contributed by atoms with van der Waals surface area (Å²) in [4.78, 5) is 0. The molecule has 4 rings (SSSR count). The van der Waals surface area contributed by atoms with Gasteiger partial charge in [0.1, 0.15) is 0 Å². The van der Waals surface area contributed by atoms with Crippen molar-refractivity contribution in [2.75, 3.05) is 0 Å². The van der Waals surface area contributed by atoms with Gasteiger partial charge in [-0.25, -0.2) is 17.6 Å². The Morgan fingerprint density at radius 3 is 2.31 bits per heavy atom. The second-order valence-electron chi connectivity index (χ2n) is 8.46. The largest absolute Gasteiger partial charge is 0.216 e. The van der Waals surface area contributed by atoms with E-state index in [1.807, 2.05) is 48.5 Å². The zero-order chi connectivity index (χ0) is 25.8. The van der Waals surface area contributed by atoms with Crippen molar-refractivity contribution >= 4 is 43.9 Å². The van der Waals surface area contributed by atoms with Gasteiger partial charge in [-0.1, -0.05) is 89.3 Å². The van der Waals surface area contributed by atoms with E-state index in [4.69, 9.17) is 0 Å². The molecule has 0 amide bonds. The summed E-state index contributed by atoms with van der Waals surface area (Å²) in [5, 5.41) is 2.58. The fourth-order valence-corrected chi connectivity index (χ4v) is 5.07. The average molecular weight is 551 g/mol. The van der Waals surface area contributed by atoms with Crippen molar-refractivity contribution in [3.63, 3.8) is 0 Å². The third-order valence-electron chi connectivity index (χ3n) is 6.21. The molecule has 0 aliphatic rings. The molecule has 0 saturated carbocycles. The first-order valence-electron chi connectivity index (χ1n) is 11.3. The molecule has 0 aliphatic heterocycles. The van der Waals surface area contributed by atoms with Crippen LogP contribution in [0.25, 0.3) is 28.0 Å². The van der Waals surface area contributed by atoms with Crippen LogP contribution in [0.3, 0.4) is 0 Å². The van der Waals surface area contributed by atoms with Crippen molar-refractivity contribution in [2.24, 2.45) is 0 Å². The molecule has 0 saturated heterocycles. The Labute approximate surface area is 216 Å². The van der Waals surface area contributed by atoms with Crippen LogP contribution < -0.4 is 0 Å². The summed E-state index contributed by atoms with van der Waals surface area (Å²) in [6, 6.07) is 19.6. The summed E-state index contributed by atoms with van der Waals surface area (Å²) in [5.74, 6) is -3.96. The molecule has 4 aromatic rings. The Hall–Kier alpha value is -3.44. The molecule has 0 N–H and O–H groups in total. The Bertz CT molecular complexity index is 1490. The fraction of sp³-hybridized carbons (Fsp3) is 0.0968. The van der Waals surface area contributed by atoms with Gasteiger partial charge in [-0.3, -0.25) is 0 Å². The van der Waals surface area contributed by atoms with E-state index < -0.39 is 17.5 Å². The lowest BCUT2D eigenvalue weighted by molar-refractivity contribution is 0.446.